The first-order valence-corrected chi connectivity index (χ1v) is 3.70. The van der Waals surface area contributed by atoms with E-state index in [1.165, 1.54) is 6.92 Å². The van der Waals surface area contributed by atoms with Crippen molar-refractivity contribution in [1.29, 1.82) is 0 Å². The van der Waals surface area contributed by atoms with Crippen molar-refractivity contribution >= 4 is 5.97 Å². The second-order valence-electron chi connectivity index (χ2n) is 2.66. The highest BCUT2D eigenvalue weighted by atomic mass is 16.6. The molecule has 0 aliphatic heterocycles. The molecular weight excluding hydrogens is 144 g/mol. The summed E-state index contributed by atoms with van der Waals surface area (Å²) < 4.78 is 4.86. The van der Waals surface area contributed by atoms with Crippen molar-refractivity contribution < 1.29 is 14.6 Å². The minimum absolute atomic E-state index is 0.329. The zero-order valence-corrected chi connectivity index (χ0v) is 6.49. The summed E-state index contributed by atoms with van der Waals surface area (Å²) in [6, 6.07) is 0. The third-order valence-electron chi connectivity index (χ3n) is 1.66. The average molecular weight is 156 g/mol. The SMILES string of the molecule is CC(=O)O[C@@H]1CC=CC[C@H]1O. The Hall–Kier alpha value is -0.830. The van der Waals surface area contributed by atoms with Gasteiger partial charge in [-0.1, -0.05) is 12.2 Å². The standard InChI is InChI=1S/C8H12O3/c1-6(9)11-8-5-3-2-4-7(8)10/h2-3,7-8,10H,4-5H2,1H3/t7-,8-/m1/s1. The molecule has 1 aliphatic rings. The Balaban J connectivity index is 2.44. The van der Waals surface area contributed by atoms with Gasteiger partial charge in [0.1, 0.15) is 6.10 Å². The Labute approximate surface area is 65.7 Å². The average Bonchev–Trinajstić information content (AvgIpc) is 1.93. The second kappa shape index (κ2) is 3.53. The molecule has 0 spiro atoms. The topological polar surface area (TPSA) is 46.5 Å². The van der Waals surface area contributed by atoms with E-state index in [2.05, 4.69) is 0 Å². The molecule has 0 aromatic rings. The lowest BCUT2D eigenvalue weighted by Crippen LogP contribution is -2.31. The van der Waals surface area contributed by atoms with Crippen LogP contribution >= 0.6 is 0 Å². The predicted molar refractivity (Wildman–Crippen MR) is 39.9 cm³/mol. The Bertz CT molecular complexity index is 174. The van der Waals surface area contributed by atoms with Crippen molar-refractivity contribution in [3.63, 3.8) is 0 Å². The largest absolute Gasteiger partial charge is 0.459 e. The van der Waals surface area contributed by atoms with Gasteiger partial charge in [-0.2, -0.15) is 0 Å². The Morgan fingerprint density at radius 1 is 1.55 bits per heavy atom. The van der Waals surface area contributed by atoms with E-state index >= 15 is 0 Å². The van der Waals surface area contributed by atoms with Crippen LogP contribution in [0.1, 0.15) is 19.8 Å². The van der Waals surface area contributed by atoms with Crippen molar-refractivity contribution in [1.82, 2.24) is 0 Å². The van der Waals surface area contributed by atoms with Gasteiger partial charge in [0.2, 0.25) is 0 Å². The summed E-state index contributed by atoms with van der Waals surface area (Å²) >= 11 is 0. The van der Waals surface area contributed by atoms with Crippen LogP contribution in [0.3, 0.4) is 0 Å². The molecule has 0 aromatic carbocycles. The first-order valence-electron chi connectivity index (χ1n) is 3.70. The number of hydrogen-bond donors (Lipinski definition) is 1. The van der Waals surface area contributed by atoms with Crippen LogP contribution in [0.4, 0.5) is 0 Å². The minimum atomic E-state index is -0.524. The number of hydrogen-bond acceptors (Lipinski definition) is 3. The zero-order chi connectivity index (χ0) is 8.27. The third-order valence-corrected chi connectivity index (χ3v) is 1.66. The highest BCUT2D eigenvalue weighted by Crippen LogP contribution is 2.15. The van der Waals surface area contributed by atoms with Gasteiger partial charge in [-0.15, -0.1) is 0 Å². The van der Waals surface area contributed by atoms with E-state index < -0.39 is 6.10 Å². The maximum atomic E-state index is 10.5. The monoisotopic (exact) mass is 156 g/mol. The molecule has 2 atom stereocenters. The molecule has 1 aliphatic carbocycles. The van der Waals surface area contributed by atoms with Crippen LogP contribution in [0, 0.1) is 0 Å². The molecular formula is C8H12O3. The smallest absolute Gasteiger partial charge is 0.303 e. The van der Waals surface area contributed by atoms with Crippen LogP contribution in [-0.4, -0.2) is 23.3 Å². The quantitative estimate of drug-likeness (QED) is 0.447. The Morgan fingerprint density at radius 3 is 2.73 bits per heavy atom. The number of esters is 1. The third kappa shape index (κ3) is 2.35. The minimum Gasteiger partial charge on any atom is -0.459 e. The molecule has 3 heteroatoms. The number of aliphatic hydroxyl groups excluding tert-OH is 1. The summed E-state index contributed by atoms with van der Waals surface area (Å²) in [5.41, 5.74) is 0. The van der Waals surface area contributed by atoms with Gasteiger partial charge in [0.25, 0.3) is 0 Å². The van der Waals surface area contributed by atoms with E-state index in [0.29, 0.717) is 12.8 Å². The van der Waals surface area contributed by atoms with Gasteiger partial charge in [0, 0.05) is 13.3 Å². The van der Waals surface area contributed by atoms with E-state index in [1.807, 2.05) is 12.2 Å². The van der Waals surface area contributed by atoms with Crippen LogP contribution in [0.15, 0.2) is 12.2 Å². The van der Waals surface area contributed by atoms with Crippen LogP contribution in [0.2, 0.25) is 0 Å². The molecule has 0 aromatic heterocycles. The number of carbonyl (C=O) groups excluding carboxylic acids is 1. The maximum Gasteiger partial charge on any atom is 0.303 e. The Kier molecular flexibility index (Phi) is 2.65. The fourth-order valence-electron chi connectivity index (χ4n) is 1.11. The lowest BCUT2D eigenvalue weighted by molar-refractivity contribution is -0.152. The molecule has 0 saturated carbocycles. The highest BCUT2D eigenvalue weighted by molar-refractivity contribution is 5.66. The number of aliphatic hydroxyl groups is 1. The van der Waals surface area contributed by atoms with E-state index in [4.69, 9.17) is 4.74 Å². The van der Waals surface area contributed by atoms with Gasteiger partial charge in [-0.05, 0) is 6.42 Å². The lowest BCUT2D eigenvalue weighted by atomic mass is 10.0. The van der Waals surface area contributed by atoms with Crippen LogP contribution in [0.5, 0.6) is 0 Å². The van der Waals surface area contributed by atoms with Crippen molar-refractivity contribution in [2.75, 3.05) is 0 Å². The molecule has 0 fully saturated rings. The first-order chi connectivity index (χ1) is 5.20. The summed E-state index contributed by atoms with van der Waals surface area (Å²) in [7, 11) is 0. The summed E-state index contributed by atoms with van der Waals surface area (Å²) in [5, 5.41) is 9.29. The number of ether oxygens (including phenoxy) is 1. The fraction of sp³-hybridized carbons (Fsp3) is 0.625. The maximum absolute atomic E-state index is 10.5. The highest BCUT2D eigenvalue weighted by Gasteiger charge is 2.22. The second-order valence-corrected chi connectivity index (χ2v) is 2.66. The van der Waals surface area contributed by atoms with Crippen molar-refractivity contribution in [2.24, 2.45) is 0 Å². The molecule has 1 N–H and O–H groups in total. The zero-order valence-electron chi connectivity index (χ0n) is 6.49. The van der Waals surface area contributed by atoms with E-state index in [0.717, 1.165) is 0 Å². The summed E-state index contributed by atoms with van der Waals surface area (Å²) in [5.74, 6) is -0.329. The van der Waals surface area contributed by atoms with Crippen molar-refractivity contribution in [3.8, 4) is 0 Å². The molecule has 62 valence electrons. The molecule has 11 heavy (non-hydrogen) atoms. The van der Waals surface area contributed by atoms with Crippen LogP contribution < -0.4 is 0 Å². The molecule has 0 bridgehead atoms. The molecule has 0 saturated heterocycles. The van der Waals surface area contributed by atoms with Gasteiger partial charge in [-0.25, -0.2) is 0 Å². The van der Waals surface area contributed by atoms with Crippen molar-refractivity contribution in [3.05, 3.63) is 12.2 Å². The van der Waals surface area contributed by atoms with Crippen molar-refractivity contribution in [2.45, 2.75) is 32.0 Å². The fourth-order valence-corrected chi connectivity index (χ4v) is 1.11. The van der Waals surface area contributed by atoms with Gasteiger partial charge >= 0.3 is 5.97 Å². The molecule has 0 amide bonds. The van der Waals surface area contributed by atoms with E-state index in [9.17, 15) is 9.90 Å². The molecule has 3 nitrogen and oxygen atoms in total. The van der Waals surface area contributed by atoms with Crippen LogP contribution in [-0.2, 0) is 9.53 Å². The van der Waals surface area contributed by atoms with E-state index in [-0.39, 0.29) is 12.1 Å². The Morgan fingerprint density at radius 2 is 2.18 bits per heavy atom. The van der Waals surface area contributed by atoms with E-state index in [1.54, 1.807) is 0 Å². The van der Waals surface area contributed by atoms with Gasteiger partial charge in [0.15, 0.2) is 0 Å². The van der Waals surface area contributed by atoms with Gasteiger partial charge < -0.3 is 9.84 Å². The molecule has 1 rings (SSSR count). The van der Waals surface area contributed by atoms with Gasteiger partial charge in [0.05, 0.1) is 6.10 Å². The molecule has 0 radical (unpaired) electrons. The lowest BCUT2D eigenvalue weighted by Gasteiger charge is -2.23. The summed E-state index contributed by atoms with van der Waals surface area (Å²) in [4.78, 5) is 10.5. The van der Waals surface area contributed by atoms with Crippen LogP contribution in [0.25, 0.3) is 0 Å². The molecule has 0 heterocycles. The predicted octanol–water partition coefficient (Wildman–Crippen LogP) is 0.629. The summed E-state index contributed by atoms with van der Waals surface area (Å²) in [6.45, 7) is 1.35. The number of carbonyl (C=O) groups is 1. The summed E-state index contributed by atoms with van der Waals surface area (Å²) in [6.07, 6.45) is 4.16. The first kappa shape index (κ1) is 8.27. The normalized spacial score (nSPS) is 30.0. The van der Waals surface area contributed by atoms with Gasteiger partial charge in [-0.3, -0.25) is 4.79 Å². The molecule has 0 unspecified atom stereocenters. The number of rotatable bonds is 1.